The normalized spacial score (nSPS) is 12.9. The van der Waals surface area contributed by atoms with E-state index in [1.165, 1.54) is 6.07 Å². The molecule has 31 heavy (non-hydrogen) atoms. The van der Waals surface area contributed by atoms with Crippen molar-refractivity contribution >= 4 is 33.4 Å². The SMILES string of the molecule is O=C(Nc1ccc(Br)cc1C(F)(F)F)O/N=C(\c1ccccc1)[C@H](O)c1ccccc1. The quantitative estimate of drug-likeness (QED) is 0.254. The van der Waals surface area contributed by atoms with Gasteiger partial charge >= 0.3 is 12.3 Å². The highest BCUT2D eigenvalue weighted by molar-refractivity contribution is 9.10. The van der Waals surface area contributed by atoms with Crippen molar-refractivity contribution in [2.75, 3.05) is 5.32 Å². The molecule has 3 aromatic rings. The van der Waals surface area contributed by atoms with Crippen LogP contribution in [0, 0.1) is 0 Å². The van der Waals surface area contributed by atoms with E-state index in [0.29, 0.717) is 11.1 Å². The zero-order valence-corrected chi connectivity index (χ0v) is 17.4. The molecule has 0 spiro atoms. The molecule has 0 saturated carbocycles. The number of carbonyl (C=O) groups excluding carboxylic acids is 1. The lowest BCUT2D eigenvalue weighted by Crippen LogP contribution is -2.19. The Morgan fingerprint density at radius 1 is 1.00 bits per heavy atom. The molecule has 0 aromatic heterocycles. The summed E-state index contributed by atoms with van der Waals surface area (Å²) in [6.45, 7) is 0. The first-order chi connectivity index (χ1) is 14.8. The van der Waals surface area contributed by atoms with Crippen LogP contribution in [0.25, 0.3) is 0 Å². The average molecular weight is 493 g/mol. The lowest BCUT2D eigenvalue weighted by Gasteiger charge is -2.15. The van der Waals surface area contributed by atoms with Gasteiger partial charge in [0.05, 0.1) is 11.3 Å². The number of nitrogens with zero attached hydrogens (tertiary/aromatic N) is 1. The summed E-state index contributed by atoms with van der Waals surface area (Å²) in [4.78, 5) is 17.0. The number of oxime groups is 1. The summed E-state index contributed by atoms with van der Waals surface area (Å²) in [6.07, 6.45) is -7.15. The topological polar surface area (TPSA) is 70.9 Å². The molecule has 3 rings (SSSR count). The van der Waals surface area contributed by atoms with Crippen molar-refractivity contribution in [2.45, 2.75) is 12.3 Å². The van der Waals surface area contributed by atoms with Crippen molar-refractivity contribution in [1.29, 1.82) is 0 Å². The maximum atomic E-state index is 13.2. The number of rotatable bonds is 5. The van der Waals surface area contributed by atoms with Crippen molar-refractivity contribution in [3.8, 4) is 0 Å². The van der Waals surface area contributed by atoms with Gasteiger partial charge in [-0.05, 0) is 23.8 Å². The molecule has 2 N–H and O–H groups in total. The Labute approximate surface area is 184 Å². The number of aliphatic hydroxyl groups excluding tert-OH is 1. The number of amides is 1. The number of anilines is 1. The summed E-state index contributed by atoms with van der Waals surface area (Å²) < 4.78 is 39.9. The van der Waals surface area contributed by atoms with Gasteiger partial charge in [0.1, 0.15) is 11.8 Å². The molecule has 0 radical (unpaired) electrons. The summed E-state index contributed by atoms with van der Waals surface area (Å²) in [5.74, 6) is 0. The molecule has 0 aliphatic rings. The van der Waals surface area contributed by atoms with Crippen LogP contribution >= 0.6 is 15.9 Å². The average Bonchev–Trinajstić information content (AvgIpc) is 2.75. The second kappa shape index (κ2) is 9.76. The van der Waals surface area contributed by atoms with E-state index in [-0.39, 0.29) is 10.2 Å². The molecule has 0 saturated heterocycles. The van der Waals surface area contributed by atoms with Crippen LogP contribution in [0.4, 0.5) is 23.7 Å². The maximum Gasteiger partial charge on any atom is 0.437 e. The van der Waals surface area contributed by atoms with E-state index in [4.69, 9.17) is 4.84 Å². The predicted octanol–water partition coefficient (Wildman–Crippen LogP) is 6.15. The lowest BCUT2D eigenvalue weighted by molar-refractivity contribution is -0.137. The van der Waals surface area contributed by atoms with E-state index in [2.05, 4.69) is 21.1 Å². The molecule has 1 atom stereocenters. The highest BCUT2D eigenvalue weighted by atomic mass is 79.9. The molecule has 0 heterocycles. The van der Waals surface area contributed by atoms with Crippen molar-refractivity contribution in [3.05, 3.63) is 100 Å². The van der Waals surface area contributed by atoms with E-state index in [1.54, 1.807) is 60.7 Å². The van der Waals surface area contributed by atoms with Gasteiger partial charge in [-0.2, -0.15) is 13.2 Å². The van der Waals surface area contributed by atoms with Crippen molar-refractivity contribution in [3.63, 3.8) is 0 Å². The second-order valence-corrected chi connectivity index (χ2v) is 7.26. The lowest BCUT2D eigenvalue weighted by atomic mass is 9.99. The van der Waals surface area contributed by atoms with Gasteiger partial charge in [-0.25, -0.2) is 4.79 Å². The molecule has 9 heteroatoms. The molecular weight excluding hydrogens is 477 g/mol. The number of alkyl halides is 3. The van der Waals surface area contributed by atoms with E-state index < -0.39 is 29.6 Å². The van der Waals surface area contributed by atoms with Crippen LogP contribution in [0.1, 0.15) is 22.8 Å². The van der Waals surface area contributed by atoms with Crippen molar-refractivity contribution in [1.82, 2.24) is 0 Å². The summed E-state index contributed by atoms with van der Waals surface area (Å²) in [5, 5.41) is 16.5. The predicted molar refractivity (Wildman–Crippen MR) is 114 cm³/mol. The number of carbonyl (C=O) groups is 1. The van der Waals surface area contributed by atoms with Crippen LogP contribution in [0.5, 0.6) is 0 Å². The molecule has 160 valence electrons. The van der Waals surface area contributed by atoms with Gasteiger partial charge in [-0.1, -0.05) is 81.7 Å². The Morgan fingerprint density at radius 2 is 1.61 bits per heavy atom. The van der Waals surface area contributed by atoms with E-state index in [0.717, 1.165) is 12.1 Å². The third-order valence-corrected chi connectivity index (χ3v) is 4.69. The molecule has 0 aliphatic heterocycles. The number of halogens is 4. The van der Waals surface area contributed by atoms with E-state index >= 15 is 0 Å². The van der Waals surface area contributed by atoms with Gasteiger partial charge in [0.25, 0.3) is 0 Å². The standard InChI is InChI=1S/C22H16BrF3N2O3/c23-16-11-12-18(17(13-16)22(24,25)26)27-21(30)31-28-19(14-7-3-1-4-8-14)20(29)15-9-5-2-6-10-15/h1-13,20,29H,(H,27,30)/b28-19+/t20-/m1/s1. The minimum atomic E-state index is -4.69. The number of nitrogens with one attached hydrogen (secondary N) is 1. The molecule has 0 unspecified atom stereocenters. The third kappa shape index (κ3) is 5.93. The second-order valence-electron chi connectivity index (χ2n) is 6.35. The molecule has 5 nitrogen and oxygen atoms in total. The van der Waals surface area contributed by atoms with Crippen LogP contribution in [0.2, 0.25) is 0 Å². The Bertz CT molecular complexity index is 1070. The summed E-state index contributed by atoms with van der Waals surface area (Å²) in [5.41, 5.74) is -0.530. The van der Waals surface area contributed by atoms with E-state index in [1.807, 2.05) is 5.32 Å². The van der Waals surface area contributed by atoms with Crippen LogP contribution < -0.4 is 5.32 Å². The minimum absolute atomic E-state index is 0.0220. The molecule has 0 aliphatic carbocycles. The van der Waals surface area contributed by atoms with Gasteiger partial charge in [0.2, 0.25) is 0 Å². The zero-order valence-electron chi connectivity index (χ0n) is 15.8. The maximum absolute atomic E-state index is 13.2. The summed E-state index contributed by atoms with van der Waals surface area (Å²) >= 11 is 2.98. The fraction of sp³-hybridized carbons (Fsp3) is 0.0909. The van der Waals surface area contributed by atoms with Gasteiger partial charge in [0, 0.05) is 10.0 Å². The smallest absolute Gasteiger partial charge is 0.382 e. The van der Waals surface area contributed by atoms with Crippen LogP contribution in [0.3, 0.4) is 0 Å². The number of aliphatic hydroxyl groups is 1. The van der Waals surface area contributed by atoms with Gasteiger partial charge < -0.3 is 5.11 Å². The Morgan fingerprint density at radius 3 is 2.23 bits per heavy atom. The minimum Gasteiger partial charge on any atom is -0.382 e. The number of benzene rings is 3. The highest BCUT2D eigenvalue weighted by Crippen LogP contribution is 2.36. The van der Waals surface area contributed by atoms with Gasteiger partial charge in [0.15, 0.2) is 0 Å². The van der Waals surface area contributed by atoms with Crippen LogP contribution in [-0.4, -0.2) is 16.9 Å². The molecular formula is C22H16BrF3N2O3. The van der Waals surface area contributed by atoms with Gasteiger partial charge in [-0.3, -0.25) is 10.2 Å². The number of hydrogen-bond donors (Lipinski definition) is 2. The molecule has 1 amide bonds. The molecule has 0 fully saturated rings. The van der Waals surface area contributed by atoms with Crippen LogP contribution in [0.15, 0.2) is 88.5 Å². The number of hydrogen-bond acceptors (Lipinski definition) is 4. The third-order valence-electron chi connectivity index (χ3n) is 4.19. The Kier molecular flexibility index (Phi) is 7.09. The first-order valence-electron chi connectivity index (χ1n) is 8.97. The van der Waals surface area contributed by atoms with Crippen LogP contribution in [-0.2, 0) is 11.0 Å². The Balaban J connectivity index is 1.85. The first-order valence-corrected chi connectivity index (χ1v) is 9.76. The fourth-order valence-electron chi connectivity index (χ4n) is 2.75. The van der Waals surface area contributed by atoms with Crippen molar-refractivity contribution in [2.24, 2.45) is 5.16 Å². The summed E-state index contributed by atoms with van der Waals surface area (Å²) in [7, 11) is 0. The zero-order chi connectivity index (χ0) is 22.4. The Hall–Kier alpha value is -3.17. The van der Waals surface area contributed by atoms with E-state index in [9.17, 15) is 23.1 Å². The highest BCUT2D eigenvalue weighted by Gasteiger charge is 2.34. The first kappa shape index (κ1) is 22.5. The van der Waals surface area contributed by atoms with Gasteiger partial charge in [-0.15, -0.1) is 0 Å². The largest absolute Gasteiger partial charge is 0.437 e. The molecule has 0 bridgehead atoms. The fourth-order valence-corrected chi connectivity index (χ4v) is 3.11. The monoisotopic (exact) mass is 492 g/mol. The molecule has 3 aromatic carbocycles. The summed E-state index contributed by atoms with van der Waals surface area (Å²) in [6, 6.07) is 20.3. The van der Waals surface area contributed by atoms with Crippen molar-refractivity contribution < 1.29 is 27.9 Å².